The summed E-state index contributed by atoms with van der Waals surface area (Å²) in [6.45, 7) is 8.86. The van der Waals surface area contributed by atoms with E-state index in [0.29, 0.717) is 24.2 Å². The molecule has 0 bridgehead atoms. The second-order valence-electron chi connectivity index (χ2n) is 9.20. The number of H-pyrrole nitrogens is 1. The van der Waals surface area contributed by atoms with Gasteiger partial charge < -0.3 is 9.80 Å². The monoisotopic (exact) mass is 399 g/mol. The van der Waals surface area contributed by atoms with E-state index in [1.807, 2.05) is 31.7 Å². The van der Waals surface area contributed by atoms with Gasteiger partial charge in [0.05, 0.1) is 29.5 Å². The number of carbonyl (C=O) groups excluding carboxylic acids is 2. The van der Waals surface area contributed by atoms with Crippen LogP contribution >= 0.6 is 0 Å². The molecule has 8 nitrogen and oxygen atoms in total. The van der Waals surface area contributed by atoms with Crippen LogP contribution in [0.25, 0.3) is 5.65 Å². The third-order valence-electron chi connectivity index (χ3n) is 5.98. The summed E-state index contributed by atoms with van der Waals surface area (Å²) in [6.07, 6.45) is 3.49. The Balaban J connectivity index is 1.71. The standard InChI is InChI=1S/C21H29N5O3/c1-13(27)25-9-6-5-7-17(25)16-11-18-22-15-8-10-24(20(29)21(2,3)4)12-14(15)19(28)26(18)23-16/h11,17,23H,5-10,12H2,1-4H3. The molecule has 29 heavy (non-hydrogen) atoms. The minimum absolute atomic E-state index is 0.0409. The fraction of sp³-hybridized carbons (Fsp3) is 0.619. The summed E-state index contributed by atoms with van der Waals surface area (Å²) < 4.78 is 1.46. The molecule has 1 unspecified atom stereocenters. The molecule has 0 aromatic carbocycles. The molecule has 2 aliphatic rings. The molecule has 1 N–H and O–H groups in total. The highest BCUT2D eigenvalue weighted by atomic mass is 16.2. The lowest BCUT2D eigenvalue weighted by Crippen LogP contribution is -2.44. The van der Waals surface area contributed by atoms with Crippen LogP contribution in [0.4, 0.5) is 0 Å². The van der Waals surface area contributed by atoms with E-state index in [-0.39, 0.29) is 30.0 Å². The van der Waals surface area contributed by atoms with E-state index in [0.717, 1.165) is 37.2 Å². The Labute approximate surface area is 169 Å². The normalized spacial score (nSPS) is 20.1. The van der Waals surface area contributed by atoms with Gasteiger partial charge in [0.2, 0.25) is 11.8 Å². The van der Waals surface area contributed by atoms with Crippen molar-refractivity contribution >= 4 is 17.5 Å². The van der Waals surface area contributed by atoms with Crippen LogP contribution in [0.1, 0.15) is 70.0 Å². The molecule has 1 saturated heterocycles. The third-order valence-corrected chi connectivity index (χ3v) is 5.98. The Hall–Kier alpha value is -2.64. The quantitative estimate of drug-likeness (QED) is 0.794. The summed E-state index contributed by atoms with van der Waals surface area (Å²) in [7, 11) is 0. The number of piperidine rings is 1. The highest BCUT2D eigenvalue weighted by Crippen LogP contribution is 2.30. The number of nitrogens with zero attached hydrogens (tertiary/aromatic N) is 4. The lowest BCUT2D eigenvalue weighted by molar-refractivity contribution is -0.140. The maximum absolute atomic E-state index is 13.2. The summed E-state index contributed by atoms with van der Waals surface area (Å²) in [5.41, 5.74) is 2.12. The van der Waals surface area contributed by atoms with Crippen molar-refractivity contribution in [3.63, 3.8) is 0 Å². The molecular weight excluding hydrogens is 370 g/mol. The molecule has 8 heteroatoms. The Morgan fingerprint density at radius 3 is 2.66 bits per heavy atom. The summed E-state index contributed by atoms with van der Waals surface area (Å²) in [4.78, 5) is 46.2. The smallest absolute Gasteiger partial charge is 0.277 e. The number of aromatic nitrogens is 3. The number of hydrogen-bond acceptors (Lipinski definition) is 4. The summed E-state index contributed by atoms with van der Waals surface area (Å²) in [6, 6.07) is 1.83. The van der Waals surface area contributed by atoms with Crippen molar-refractivity contribution in [2.45, 2.75) is 66.0 Å². The van der Waals surface area contributed by atoms with Crippen LogP contribution in [-0.2, 0) is 22.6 Å². The predicted molar refractivity (Wildman–Crippen MR) is 108 cm³/mol. The minimum atomic E-state index is -0.484. The van der Waals surface area contributed by atoms with E-state index >= 15 is 0 Å². The number of rotatable bonds is 1. The first-order valence-electron chi connectivity index (χ1n) is 10.4. The molecule has 0 saturated carbocycles. The number of likely N-dealkylation sites (tertiary alicyclic amines) is 1. The number of hydrogen-bond donors (Lipinski definition) is 1. The molecule has 1 fully saturated rings. The van der Waals surface area contributed by atoms with Gasteiger partial charge in [-0.05, 0) is 19.3 Å². The van der Waals surface area contributed by atoms with Crippen molar-refractivity contribution in [1.29, 1.82) is 0 Å². The van der Waals surface area contributed by atoms with E-state index in [1.54, 1.807) is 11.8 Å². The number of aromatic amines is 1. The van der Waals surface area contributed by atoms with Gasteiger partial charge in [-0.15, -0.1) is 0 Å². The first-order valence-corrected chi connectivity index (χ1v) is 10.4. The fourth-order valence-corrected chi connectivity index (χ4v) is 4.45. The average molecular weight is 399 g/mol. The number of amides is 2. The molecule has 0 spiro atoms. The lowest BCUT2D eigenvalue weighted by Gasteiger charge is -2.34. The van der Waals surface area contributed by atoms with E-state index in [4.69, 9.17) is 4.98 Å². The molecular formula is C21H29N5O3. The zero-order valence-electron chi connectivity index (χ0n) is 17.6. The van der Waals surface area contributed by atoms with Gasteiger partial charge >= 0.3 is 0 Å². The Morgan fingerprint density at radius 2 is 1.97 bits per heavy atom. The van der Waals surface area contributed by atoms with Gasteiger partial charge in [-0.2, -0.15) is 0 Å². The topological polar surface area (TPSA) is 90.8 Å². The maximum atomic E-state index is 13.2. The second kappa shape index (κ2) is 7.00. The zero-order valence-corrected chi connectivity index (χ0v) is 17.6. The summed E-state index contributed by atoms with van der Waals surface area (Å²) >= 11 is 0. The van der Waals surface area contributed by atoms with E-state index in [1.165, 1.54) is 4.52 Å². The number of fused-ring (bicyclic) bond motifs is 2. The SMILES string of the molecule is CC(=O)N1CCCCC1c1cc2nc3c(c(=O)n2[nH]1)CN(C(=O)C(C)(C)C)CC3. The lowest BCUT2D eigenvalue weighted by atomic mass is 9.93. The molecule has 0 aliphatic carbocycles. The Morgan fingerprint density at radius 1 is 1.21 bits per heavy atom. The third kappa shape index (κ3) is 3.45. The van der Waals surface area contributed by atoms with Gasteiger partial charge in [-0.3, -0.25) is 19.5 Å². The van der Waals surface area contributed by atoms with Gasteiger partial charge in [-0.25, -0.2) is 9.50 Å². The van der Waals surface area contributed by atoms with Crippen LogP contribution in [0.2, 0.25) is 0 Å². The van der Waals surface area contributed by atoms with Crippen LogP contribution in [0, 0.1) is 5.41 Å². The Kier molecular flexibility index (Phi) is 4.75. The van der Waals surface area contributed by atoms with Crippen LogP contribution < -0.4 is 5.56 Å². The van der Waals surface area contributed by atoms with Crippen molar-refractivity contribution in [2.24, 2.45) is 5.41 Å². The van der Waals surface area contributed by atoms with Crippen LogP contribution in [0.3, 0.4) is 0 Å². The molecule has 2 amide bonds. The highest BCUT2D eigenvalue weighted by Gasteiger charge is 2.32. The number of nitrogens with one attached hydrogen (secondary N) is 1. The van der Waals surface area contributed by atoms with Crippen molar-refractivity contribution in [1.82, 2.24) is 24.4 Å². The molecule has 4 rings (SSSR count). The summed E-state index contributed by atoms with van der Waals surface area (Å²) in [5, 5.41) is 3.19. The van der Waals surface area contributed by atoms with Gasteiger partial charge in [-0.1, -0.05) is 20.8 Å². The highest BCUT2D eigenvalue weighted by molar-refractivity contribution is 5.81. The van der Waals surface area contributed by atoms with E-state index in [2.05, 4.69) is 5.10 Å². The Bertz CT molecular complexity index is 1030. The minimum Gasteiger partial charge on any atom is -0.337 e. The van der Waals surface area contributed by atoms with E-state index in [9.17, 15) is 14.4 Å². The van der Waals surface area contributed by atoms with Crippen molar-refractivity contribution in [2.75, 3.05) is 13.1 Å². The average Bonchev–Trinajstić information content (AvgIpc) is 3.11. The summed E-state index contributed by atoms with van der Waals surface area (Å²) in [5.74, 6) is 0.0865. The van der Waals surface area contributed by atoms with Gasteiger partial charge in [0.1, 0.15) is 0 Å². The maximum Gasteiger partial charge on any atom is 0.277 e. The molecule has 0 radical (unpaired) electrons. The molecule has 2 aromatic heterocycles. The van der Waals surface area contributed by atoms with Crippen LogP contribution in [-0.4, -0.2) is 49.3 Å². The van der Waals surface area contributed by atoms with Crippen LogP contribution in [0.5, 0.6) is 0 Å². The van der Waals surface area contributed by atoms with Gasteiger partial charge in [0.15, 0.2) is 5.65 Å². The molecule has 4 heterocycles. The van der Waals surface area contributed by atoms with Crippen LogP contribution in [0.15, 0.2) is 10.9 Å². The second-order valence-corrected chi connectivity index (χ2v) is 9.20. The van der Waals surface area contributed by atoms with Gasteiger partial charge in [0, 0.05) is 37.9 Å². The first kappa shape index (κ1) is 19.7. The fourth-order valence-electron chi connectivity index (χ4n) is 4.45. The van der Waals surface area contributed by atoms with E-state index < -0.39 is 5.41 Å². The first-order chi connectivity index (χ1) is 13.7. The zero-order chi connectivity index (χ0) is 20.9. The van der Waals surface area contributed by atoms with Crippen molar-refractivity contribution in [3.8, 4) is 0 Å². The van der Waals surface area contributed by atoms with Crippen molar-refractivity contribution in [3.05, 3.63) is 33.4 Å². The predicted octanol–water partition coefficient (Wildman–Crippen LogP) is 2.03. The van der Waals surface area contributed by atoms with Gasteiger partial charge in [0.25, 0.3) is 5.56 Å². The van der Waals surface area contributed by atoms with Crippen molar-refractivity contribution < 1.29 is 9.59 Å². The molecule has 1 atom stereocenters. The molecule has 2 aliphatic heterocycles. The number of carbonyl (C=O) groups is 2. The largest absolute Gasteiger partial charge is 0.337 e. The molecule has 2 aromatic rings. The molecule has 156 valence electrons.